The molecule has 0 aliphatic carbocycles. The zero-order valence-electron chi connectivity index (χ0n) is 17.0. The molecule has 0 aliphatic rings. The third-order valence-corrected chi connectivity index (χ3v) is 5.47. The Kier molecular flexibility index (Phi) is 6.85. The molecule has 0 saturated heterocycles. The maximum absolute atomic E-state index is 12.4. The fourth-order valence-corrected chi connectivity index (χ4v) is 3.61. The van der Waals surface area contributed by atoms with Gasteiger partial charge in [-0.15, -0.1) is 11.3 Å². The molecule has 9 heteroatoms. The highest BCUT2D eigenvalue weighted by Gasteiger charge is 2.21. The van der Waals surface area contributed by atoms with Gasteiger partial charge in [0.25, 0.3) is 11.8 Å². The van der Waals surface area contributed by atoms with Crippen LogP contribution in [0.25, 0.3) is 5.69 Å². The van der Waals surface area contributed by atoms with Crippen molar-refractivity contribution in [2.24, 2.45) is 0 Å². The van der Waals surface area contributed by atoms with Gasteiger partial charge in [0.1, 0.15) is 18.4 Å². The number of thiophene rings is 1. The van der Waals surface area contributed by atoms with Crippen LogP contribution in [0.4, 0.5) is 5.82 Å². The Morgan fingerprint density at radius 3 is 2.52 bits per heavy atom. The lowest BCUT2D eigenvalue weighted by Gasteiger charge is -2.13. The molecule has 158 valence electrons. The number of rotatable bonds is 7. The first-order valence-electron chi connectivity index (χ1n) is 9.37. The molecule has 2 aromatic heterocycles. The number of esters is 1. The highest BCUT2D eigenvalue weighted by atomic mass is 32.1. The normalized spacial score (nSPS) is 10.2. The fourth-order valence-electron chi connectivity index (χ4n) is 2.97. The molecule has 0 fully saturated rings. The molecule has 2 heterocycles. The first-order chi connectivity index (χ1) is 14.9. The standard InChI is InChI=1S/C22H20N4O4S/c1-14-15(2)26(16-7-4-3-5-8-16)21(17(14)11-23)25-19(27)13-30-20(28)12-24-22(29)18-9-6-10-31-18/h3-10H,12-13H2,1-2H3,(H,24,29)(H,25,27). The molecular formula is C22H20N4O4S. The Balaban J connectivity index is 1.64. The predicted octanol–water partition coefficient (Wildman–Crippen LogP) is 2.94. The highest BCUT2D eigenvalue weighted by Crippen LogP contribution is 2.29. The molecule has 0 atom stereocenters. The molecule has 0 spiro atoms. The lowest BCUT2D eigenvalue weighted by Crippen LogP contribution is -2.32. The van der Waals surface area contributed by atoms with E-state index in [1.165, 1.54) is 11.3 Å². The van der Waals surface area contributed by atoms with Gasteiger partial charge in [-0.2, -0.15) is 5.26 Å². The first kappa shape index (κ1) is 21.8. The Labute approximate surface area is 183 Å². The van der Waals surface area contributed by atoms with Crippen LogP contribution in [0.2, 0.25) is 0 Å². The SMILES string of the molecule is Cc1c(C#N)c(NC(=O)COC(=O)CNC(=O)c2cccs2)n(-c2ccccc2)c1C. The van der Waals surface area contributed by atoms with E-state index in [9.17, 15) is 19.6 Å². The van der Waals surface area contributed by atoms with E-state index in [4.69, 9.17) is 4.74 Å². The summed E-state index contributed by atoms with van der Waals surface area (Å²) < 4.78 is 6.72. The summed E-state index contributed by atoms with van der Waals surface area (Å²) in [7, 11) is 0. The van der Waals surface area contributed by atoms with Crippen LogP contribution in [0.1, 0.15) is 26.5 Å². The van der Waals surface area contributed by atoms with Crippen molar-refractivity contribution < 1.29 is 19.1 Å². The number of anilines is 1. The van der Waals surface area contributed by atoms with Gasteiger partial charge in [0.2, 0.25) is 0 Å². The van der Waals surface area contributed by atoms with E-state index in [2.05, 4.69) is 16.7 Å². The van der Waals surface area contributed by atoms with Gasteiger partial charge in [0, 0.05) is 11.4 Å². The molecular weight excluding hydrogens is 416 g/mol. The summed E-state index contributed by atoms with van der Waals surface area (Å²) >= 11 is 1.25. The van der Waals surface area contributed by atoms with Crippen molar-refractivity contribution in [2.75, 3.05) is 18.5 Å². The number of hydrogen-bond donors (Lipinski definition) is 2. The predicted molar refractivity (Wildman–Crippen MR) is 116 cm³/mol. The molecule has 31 heavy (non-hydrogen) atoms. The largest absolute Gasteiger partial charge is 0.454 e. The summed E-state index contributed by atoms with van der Waals surface area (Å²) in [5, 5.41) is 16.4. The van der Waals surface area contributed by atoms with Crippen LogP contribution in [0, 0.1) is 25.2 Å². The number of para-hydroxylation sites is 1. The number of aromatic nitrogens is 1. The minimum absolute atomic E-state index is 0.316. The average Bonchev–Trinajstić information content (AvgIpc) is 3.39. The van der Waals surface area contributed by atoms with Gasteiger partial charge in [0.05, 0.1) is 10.4 Å². The second-order valence-electron chi connectivity index (χ2n) is 6.59. The third kappa shape index (κ3) is 4.99. The molecule has 0 radical (unpaired) electrons. The van der Waals surface area contributed by atoms with Crippen LogP contribution in [0.15, 0.2) is 47.8 Å². The maximum Gasteiger partial charge on any atom is 0.325 e. The van der Waals surface area contributed by atoms with Gasteiger partial charge in [0.15, 0.2) is 6.61 Å². The number of nitrogens with zero attached hydrogens (tertiary/aromatic N) is 2. The van der Waals surface area contributed by atoms with Crippen molar-refractivity contribution in [1.82, 2.24) is 9.88 Å². The van der Waals surface area contributed by atoms with Crippen molar-refractivity contribution in [3.63, 3.8) is 0 Å². The lowest BCUT2D eigenvalue weighted by molar-refractivity contribution is -0.146. The molecule has 0 aliphatic heterocycles. The van der Waals surface area contributed by atoms with E-state index in [1.54, 1.807) is 29.0 Å². The van der Waals surface area contributed by atoms with Gasteiger partial charge >= 0.3 is 5.97 Å². The minimum Gasteiger partial charge on any atom is -0.454 e. The number of nitrogens with one attached hydrogen (secondary N) is 2. The highest BCUT2D eigenvalue weighted by molar-refractivity contribution is 7.12. The molecule has 3 aromatic rings. The number of ether oxygens (including phenoxy) is 1. The Morgan fingerprint density at radius 2 is 1.87 bits per heavy atom. The van der Waals surface area contributed by atoms with E-state index in [0.29, 0.717) is 16.3 Å². The quantitative estimate of drug-likeness (QED) is 0.553. The van der Waals surface area contributed by atoms with Crippen LogP contribution < -0.4 is 10.6 Å². The Hall–Kier alpha value is -3.90. The number of carbonyl (C=O) groups excluding carboxylic acids is 3. The van der Waals surface area contributed by atoms with Crippen LogP contribution in [0.3, 0.4) is 0 Å². The van der Waals surface area contributed by atoms with Crippen LogP contribution >= 0.6 is 11.3 Å². The lowest BCUT2D eigenvalue weighted by atomic mass is 10.2. The summed E-state index contributed by atoms with van der Waals surface area (Å²) in [5.74, 6) is -1.41. The van der Waals surface area contributed by atoms with E-state index in [0.717, 1.165) is 16.9 Å². The van der Waals surface area contributed by atoms with Crippen molar-refractivity contribution in [3.05, 3.63) is 69.5 Å². The summed E-state index contributed by atoms with van der Waals surface area (Å²) in [5.41, 5.74) is 2.68. The average molecular weight is 436 g/mol. The Bertz CT molecular complexity index is 1140. The summed E-state index contributed by atoms with van der Waals surface area (Å²) in [6.45, 7) is 2.76. The number of hydrogen-bond acceptors (Lipinski definition) is 6. The number of nitriles is 1. The van der Waals surface area contributed by atoms with Gasteiger partial charge in [-0.25, -0.2) is 0 Å². The second-order valence-corrected chi connectivity index (χ2v) is 7.53. The molecule has 3 rings (SSSR count). The summed E-state index contributed by atoms with van der Waals surface area (Å²) in [6, 6.07) is 14.8. The maximum atomic E-state index is 12.4. The minimum atomic E-state index is -0.744. The molecule has 8 nitrogen and oxygen atoms in total. The molecule has 1 aromatic carbocycles. The van der Waals surface area contributed by atoms with Crippen molar-refractivity contribution in [2.45, 2.75) is 13.8 Å². The fraction of sp³-hybridized carbons (Fsp3) is 0.182. The van der Waals surface area contributed by atoms with E-state index in [-0.39, 0.29) is 12.5 Å². The van der Waals surface area contributed by atoms with Crippen LogP contribution in [-0.2, 0) is 14.3 Å². The van der Waals surface area contributed by atoms with E-state index in [1.807, 2.05) is 37.3 Å². The monoisotopic (exact) mass is 436 g/mol. The van der Waals surface area contributed by atoms with Crippen molar-refractivity contribution in [1.29, 1.82) is 5.26 Å². The molecule has 2 amide bonds. The molecule has 0 saturated carbocycles. The van der Waals surface area contributed by atoms with Gasteiger partial charge in [-0.1, -0.05) is 24.3 Å². The molecule has 0 bridgehead atoms. The third-order valence-electron chi connectivity index (χ3n) is 4.60. The number of carbonyl (C=O) groups is 3. The van der Waals surface area contributed by atoms with Gasteiger partial charge < -0.3 is 15.4 Å². The van der Waals surface area contributed by atoms with Gasteiger partial charge in [-0.05, 0) is 43.0 Å². The van der Waals surface area contributed by atoms with Crippen LogP contribution in [-0.4, -0.2) is 35.5 Å². The number of benzene rings is 1. The summed E-state index contributed by atoms with van der Waals surface area (Å²) in [4.78, 5) is 36.6. The van der Waals surface area contributed by atoms with Crippen molar-refractivity contribution >= 4 is 34.9 Å². The smallest absolute Gasteiger partial charge is 0.325 e. The zero-order valence-corrected chi connectivity index (χ0v) is 17.8. The summed E-state index contributed by atoms with van der Waals surface area (Å²) in [6.07, 6.45) is 0. The molecule has 0 unspecified atom stereocenters. The van der Waals surface area contributed by atoms with Crippen molar-refractivity contribution in [3.8, 4) is 11.8 Å². The van der Waals surface area contributed by atoms with E-state index >= 15 is 0 Å². The Morgan fingerprint density at radius 1 is 1.13 bits per heavy atom. The second kappa shape index (κ2) is 9.73. The topological polar surface area (TPSA) is 113 Å². The zero-order chi connectivity index (χ0) is 22.4. The first-order valence-corrected chi connectivity index (χ1v) is 10.2. The number of amides is 2. The van der Waals surface area contributed by atoms with Gasteiger partial charge in [-0.3, -0.25) is 19.0 Å². The van der Waals surface area contributed by atoms with Crippen LogP contribution in [0.5, 0.6) is 0 Å². The molecule has 2 N–H and O–H groups in total. The van der Waals surface area contributed by atoms with E-state index < -0.39 is 18.5 Å².